The Morgan fingerprint density at radius 3 is 2.80 bits per heavy atom. The lowest BCUT2D eigenvalue weighted by molar-refractivity contribution is -0.127. The van der Waals surface area contributed by atoms with Gasteiger partial charge in [-0.25, -0.2) is 0 Å². The van der Waals surface area contributed by atoms with Gasteiger partial charge in [-0.3, -0.25) is 4.79 Å². The van der Waals surface area contributed by atoms with Gasteiger partial charge in [0.2, 0.25) is 11.9 Å². The van der Waals surface area contributed by atoms with E-state index in [4.69, 9.17) is 14.7 Å². The lowest BCUT2D eigenvalue weighted by Gasteiger charge is -2.31. The van der Waals surface area contributed by atoms with Crippen molar-refractivity contribution in [3.8, 4) is 6.01 Å². The zero-order valence-corrected chi connectivity index (χ0v) is 24.3. The molecule has 5 heterocycles. The summed E-state index contributed by atoms with van der Waals surface area (Å²) < 4.78 is 8.07. The van der Waals surface area contributed by atoms with Crippen LogP contribution in [0.25, 0.3) is 16.6 Å². The highest BCUT2D eigenvalue weighted by Crippen LogP contribution is 2.30. The van der Waals surface area contributed by atoms with Gasteiger partial charge in [0.15, 0.2) is 5.65 Å². The standard InChI is InChI=1S/C31H40N8O2/c1-5-28(40)38-12-6-7-23(19-38)27-16-22-9-8-21(15-26(22)34-27)17-32-30-36-31(41-24-10-13-37(4)14-11-24)35-29-25(20(2)3)18-33-39(29)30/h5,8-9,15-16,18,20,23-24,34H,1,6-7,10-14,17,19H2,2-4H3,(H,32,35,36). The monoisotopic (exact) mass is 556 g/mol. The van der Waals surface area contributed by atoms with Crippen LogP contribution in [0.1, 0.15) is 68.2 Å². The minimum Gasteiger partial charge on any atom is -0.460 e. The quantitative estimate of drug-likeness (QED) is 0.303. The highest BCUT2D eigenvalue weighted by molar-refractivity contribution is 5.87. The van der Waals surface area contributed by atoms with Crippen LogP contribution in [0, 0.1) is 0 Å². The first-order valence-corrected chi connectivity index (χ1v) is 14.8. The molecule has 2 aliphatic heterocycles. The van der Waals surface area contributed by atoms with Gasteiger partial charge in [0.05, 0.1) is 6.20 Å². The van der Waals surface area contributed by atoms with Crippen LogP contribution in [0.2, 0.25) is 0 Å². The van der Waals surface area contributed by atoms with Crippen molar-refractivity contribution in [1.29, 1.82) is 0 Å². The fourth-order valence-corrected chi connectivity index (χ4v) is 5.97. The van der Waals surface area contributed by atoms with Gasteiger partial charge in [-0.2, -0.15) is 19.6 Å². The number of amides is 1. The Morgan fingerprint density at radius 2 is 2.02 bits per heavy atom. The molecular formula is C31H40N8O2. The van der Waals surface area contributed by atoms with Crippen LogP contribution in [0.4, 0.5) is 5.95 Å². The lowest BCUT2D eigenvalue weighted by atomic mass is 9.94. The zero-order chi connectivity index (χ0) is 28.5. The van der Waals surface area contributed by atoms with Gasteiger partial charge < -0.3 is 24.8 Å². The maximum atomic E-state index is 12.2. The smallest absolute Gasteiger partial charge is 0.322 e. The van der Waals surface area contributed by atoms with Crippen LogP contribution in [-0.2, 0) is 11.3 Å². The number of piperidine rings is 2. The average molecular weight is 557 g/mol. The van der Waals surface area contributed by atoms with Crippen molar-refractivity contribution in [2.75, 3.05) is 38.5 Å². The summed E-state index contributed by atoms with van der Waals surface area (Å²) in [6.45, 7) is 12.1. The molecule has 10 nitrogen and oxygen atoms in total. The zero-order valence-electron chi connectivity index (χ0n) is 24.3. The molecule has 2 saturated heterocycles. The molecule has 1 atom stereocenters. The van der Waals surface area contributed by atoms with Gasteiger partial charge in [-0.15, -0.1) is 0 Å². The molecule has 0 spiro atoms. The van der Waals surface area contributed by atoms with E-state index in [2.05, 4.69) is 72.0 Å². The highest BCUT2D eigenvalue weighted by Gasteiger charge is 2.25. The van der Waals surface area contributed by atoms with Gasteiger partial charge in [0, 0.05) is 55.4 Å². The molecule has 3 aromatic heterocycles. The molecule has 0 aliphatic carbocycles. The van der Waals surface area contributed by atoms with Gasteiger partial charge in [0.25, 0.3) is 0 Å². The molecule has 0 saturated carbocycles. The number of hydrogen-bond acceptors (Lipinski definition) is 7. The van der Waals surface area contributed by atoms with Crippen molar-refractivity contribution in [2.45, 2.75) is 64.0 Å². The van der Waals surface area contributed by atoms with Crippen LogP contribution in [0.15, 0.2) is 43.1 Å². The minimum atomic E-state index is 0.00982. The molecular weight excluding hydrogens is 516 g/mol. The third kappa shape index (κ3) is 5.79. The Hall–Kier alpha value is -3.92. The molecule has 2 fully saturated rings. The molecule has 0 radical (unpaired) electrons. The number of carbonyl (C=O) groups is 1. The first kappa shape index (κ1) is 27.3. The number of benzene rings is 1. The van der Waals surface area contributed by atoms with Gasteiger partial charge in [-0.05, 0) is 67.8 Å². The number of nitrogens with one attached hydrogen (secondary N) is 2. The van der Waals surface area contributed by atoms with E-state index in [1.54, 1.807) is 4.52 Å². The van der Waals surface area contributed by atoms with E-state index >= 15 is 0 Å². The predicted molar refractivity (Wildman–Crippen MR) is 160 cm³/mol. The number of aromatic nitrogens is 5. The normalized spacial score (nSPS) is 18.8. The third-order valence-electron chi connectivity index (χ3n) is 8.44. The van der Waals surface area contributed by atoms with Gasteiger partial charge in [0.1, 0.15) is 6.10 Å². The van der Waals surface area contributed by atoms with Crippen LogP contribution in [0.5, 0.6) is 6.01 Å². The first-order chi connectivity index (χ1) is 19.9. The van der Waals surface area contributed by atoms with E-state index in [1.165, 1.54) is 17.2 Å². The van der Waals surface area contributed by atoms with Crippen molar-refractivity contribution >= 4 is 28.4 Å². The summed E-state index contributed by atoms with van der Waals surface area (Å²) in [5, 5.41) is 9.27. The van der Waals surface area contributed by atoms with Crippen LogP contribution in [0.3, 0.4) is 0 Å². The van der Waals surface area contributed by atoms with E-state index in [0.717, 1.165) is 74.2 Å². The van der Waals surface area contributed by atoms with E-state index in [1.807, 2.05) is 11.1 Å². The van der Waals surface area contributed by atoms with Crippen molar-refractivity contribution in [2.24, 2.45) is 0 Å². The summed E-state index contributed by atoms with van der Waals surface area (Å²) >= 11 is 0. The van der Waals surface area contributed by atoms with Crippen molar-refractivity contribution in [1.82, 2.24) is 34.4 Å². The third-order valence-corrected chi connectivity index (χ3v) is 8.44. The predicted octanol–water partition coefficient (Wildman–Crippen LogP) is 4.71. The second kappa shape index (κ2) is 11.5. The molecule has 41 heavy (non-hydrogen) atoms. The van der Waals surface area contributed by atoms with Crippen molar-refractivity contribution in [3.63, 3.8) is 0 Å². The van der Waals surface area contributed by atoms with E-state index in [9.17, 15) is 4.79 Å². The minimum absolute atomic E-state index is 0.00982. The molecule has 2 N–H and O–H groups in total. The largest absolute Gasteiger partial charge is 0.460 e. The fraction of sp³-hybridized carbons (Fsp3) is 0.484. The molecule has 1 unspecified atom stereocenters. The summed E-state index contributed by atoms with van der Waals surface area (Å²) in [5.41, 5.74) is 5.24. The maximum absolute atomic E-state index is 12.2. The van der Waals surface area contributed by atoms with Gasteiger partial charge >= 0.3 is 6.01 Å². The SMILES string of the molecule is C=CC(=O)N1CCCC(c2cc3ccc(CNc4nc(OC5CCN(C)CC5)nc5c(C(C)C)cnn45)cc3[nH]2)C1. The topological polar surface area (TPSA) is 104 Å². The van der Waals surface area contributed by atoms with Crippen LogP contribution in [-0.4, -0.2) is 79.6 Å². The summed E-state index contributed by atoms with van der Waals surface area (Å²) in [6, 6.07) is 9.09. The van der Waals surface area contributed by atoms with E-state index in [0.29, 0.717) is 24.4 Å². The average Bonchev–Trinajstić information content (AvgIpc) is 3.61. The maximum Gasteiger partial charge on any atom is 0.322 e. The van der Waals surface area contributed by atoms with Gasteiger partial charge in [-0.1, -0.05) is 32.6 Å². The molecule has 1 amide bonds. The summed E-state index contributed by atoms with van der Waals surface area (Å²) in [6.07, 6.45) is 7.39. The fourth-order valence-electron chi connectivity index (χ4n) is 5.97. The van der Waals surface area contributed by atoms with E-state index < -0.39 is 0 Å². The molecule has 10 heteroatoms. The van der Waals surface area contributed by atoms with Crippen molar-refractivity contribution < 1.29 is 9.53 Å². The Labute approximate surface area is 240 Å². The number of H-pyrrole nitrogens is 1. The highest BCUT2D eigenvalue weighted by atomic mass is 16.5. The molecule has 216 valence electrons. The lowest BCUT2D eigenvalue weighted by Crippen LogP contribution is -2.38. The molecule has 0 bridgehead atoms. The number of rotatable bonds is 8. The number of hydrogen-bond donors (Lipinski definition) is 2. The first-order valence-electron chi connectivity index (χ1n) is 14.8. The summed E-state index contributed by atoms with van der Waals surface area (Å²) in [7, 11) is 2.14. The molecule has 4 aromatic rings. The Balaban J connectivity index is 1.21. The number of anilines is 1. The summed E-state index contributed by atoms with van der Waals surface area (Å²) in [4.78, 5) is 29.5. The second-order valence-corrected chi connectivity index (χ2v) is 11.8. The number of nitrogens with zero attached hydrogens (tertiary/aromatic N) is 6. The molecule has 6 rings (SSSR count). The number of likely N-dealkylation sites (tertiary alicyclic amines) is 2. The van der Waals surface area contributed by atoms with Crippen LogP contribution >= 0.6 is 0 Å². The Kier molecular flexibility index (Phi) is 7.66. The number of aromatic amines is 1. The van der Waals surface area contributed by atoms with Crippen molar-refractivity contribution in [3.05, 3.63) is 59.9 Å². The second-order valence-electron chi connectivity index (χ2n) is 11.8. The Morgan fingerprint density at radius 1 is 1.20 bits per heavy atom. The molecule has 1 aromatic carbocycles. The van der Waals surface area contributed by atoms with Crippen LogP contribution < -0.4 is 10.1 Å². The Bertz CT molecular complexity index is 1550. The van der Waals surface area contributed by atoms with E-state index in [-0.39, 0.29) is 17.9 Å². The molecule has 2 aliphatic rings. The number of carbonyl (C=O) groups excluding carboxylic acids is 1. The number of fused-ring (bicyclic) bond motifs is 2. The number of ether oxygens (including phenoxy) is 1. The summed E-state index contributed by atoms with van der Waals surface area (Å²) in [5.74, 6) is 1.21.